The van der Waals surface area contributed by atoms with Crippen LogP contribution in [0.25, 0.3) is 0 Å². The van der Waals surface area contributed by atoms with Crippen molar-refractivity contribution in [3.63, 3.8) is 0 Å². The number of aromatic nitrogens is 2. The zero-order valence-electron chi connectivity index (χ0n) is 17.6. The van der Waals surface area contributed by atoms with Crippen molar-refractivity contribution in [1.29, 1.82) is 0 Å². The van der Waals surface area contributed by atoms with Gasteiger partial charge >= 0.3 is 0 Å². The number of carbonyl (C=O) groups is 2. The maximum Gasteiger partial charge on any atom is 0.277 e. The number of carbonyl (C=O) groups excluding carboxylic acids is 2. The van der Waals surface area contributed by atoms with Gasteiger partial charge in [-0.2, -0.15) is 0 Å². The largest absolute Gasteiger partial charge is 0.414 e. The van der Waals surface area contributed by atoms with E-state index in [0.717, 1.165) is 16.1 Å². The number of thioether (sulfide) groups is 1. The Labute approximate surface area is 193 Å². The first-order valence-corrected chi connectivity index (χ1v) is 11.9. The number of halogens is 1. The van der Waals surface area contributed by atoms with E-state index in [1.165, 1.54) is 62.6 Å². The normalized spacial score (nSPS) is 11.4. The first-order valence-electron chi connectivity index (χ1n) is 9.46. The molecule has 0 saturated heterocycles. The van der Waals surface area contributed by atoms with E-state index < -0.39 is 21.7 Å². The minimum Gasteiger partial charge on any atom is -0.414 e. The Hall–Kier alpha value is -3.29. The molecule has 0 unspecified atom stereocenters. The van der Waals surface area contributed by atoms with E-state index in [4.69, 9.17) is 4.42 Å². The highest BCUT2D eigenvalue weighted by Gasteiger charge is 2.18. The predicted molar refractivity (Wildman–Crippen MR) is 119 cm³/mol. The third-order valence-corrected chi connectivity index (χ3v) is 6.85. The van der Waals surface area contributed by atoms with E-state index in [-0.39, 0.29) is 39.8 Å². The van der Waals surface area contributed by atoms with Gasteiger partial charge in [-0.15, -0.1) is 10.2 Å². The summed E-state index contributed by atoms with van der Waals surface area (Å²) in [5.74, 6) is -1.05. The van der Waals surface area contributed by atoms with E-state index in [9.17, 15) is 22.4 Å². The Kier molecular flexibility index (Phi) is 7.79. The summed E-state index contributed by atoms with van der Waals surface area (Å²) in [6.07, 6.45) is 0. The molecule has 2 amide bonds. The molecule has 2 N–H and O–H groups in total. The lowest BCUT2D eigenvalue weighted by molar-refractivity contribution is -0.113. The molecular weight excluding hydrogens is 473 g/mol. The number of nitrogens with one attached hydrogen (secondary N) is 2. The van der Waals surface area contributed by atoms with Crippen LogP contribution in [-0.4, -0.2) is 54.6 Å². The molecule has 1 heterocycles. The molecule has 3 rings (SSSR count). The minimum absolute atomic E-state index is 0.00637. The maximum atomic E-state index is 12.9. The van der Waals surface area contributed by atoms with E-state index >= 15 is 0 Å². The molecule has 0 aliphatic carbocycles. The maximum absolute atomic E-state index is 12.9. The van der Waals surface area contributed by atoms with E-state index in [0.29, 0.717) is 5.69 Å². The number of benzene rings is 2. The molecule has 0 bridgehead atoms. The molecule has 174 valence electrons. The molecule has 0 fully saturated rings. The van der Waals surface area contributed by atoms with Crippen LogP contribution < -0.4 is 10.6 Å². The van der Waals surface area contributed by atoms with Crippen molar-refractivity contribution in [2.75, 3.05) is 25.2 Å². The number of rotatable bonds is 9. The van der Waals surface area contributed by atoms with Crippen LogP contribution in [0.3, 0.4) is 0 Å². The fourth-order valence-corrected chi connectivity index (χ4v) is 3.95. The van der Waals surface area contributed by atoms with Crippen molar-refractivity contribution in [2.24, 2.45) is 0 Å². The van der Waals surface area contributed by atoms with Crippen molar-refractivity contribution >= 4 is 39.3 Å². The average molecular weight is 494 g/mol. The van der Waals surface area contributed by atoms with Gasteiger partial charge in [-0.25, -0.2) is 17.1 Å². The number of hydrogen-bond donors (Lipinski definition) is 2. The Morgan fingerprint density at radius 1 is 1.06 bits per heavy atom. The second-order valence-electron chi connectivity index (χ2n) is 6.80. The number of nitrogens with zero attached hydrogens (tertiary/aromatic N) is 3. The molecule has 3 aromatic rings. The molecule has 1 aromatic heterocycles. The van der Waals surface area contributed by atoms with Gasteiger partial charge in [0.2, 0.25) is 21.8 Å². The average Bonchev–Trinajstić information content (AvgIpc) is 3.25. The highest BCUT2D eigenvalue weighted by Crippen LogP contribution is 2.17. The van der Waals surface area contributed by atoms with Crippen molar-refractivity contribution in [3.05, 3.63) is 65.8 Å². The number of amides is 2. The number of anilines is 1. The molecular formula is C20H20FN5O5S2. The quantitative estimate of drug-likeness (QED) is 0.433. The number of hydrogen-bond acceptors (Lipinski definition) is 8. The summed E-state index contributed by atoms with van der Waals surface area (Å²) in [5, 5.41) is 13.0. The lowest BCUT2D eigenvalue weighted by Crippen LogP contribution is -2.24. The van der Waals surface area contributed by atoms with Gasteiger partial charge in [0.1, 0.15) is 5.82 Å². The standard InChI is InChI=1S/C20H20FN5O5S2/c1-26(2)33(29,30)16-9-3-13(4-10-16)19(28)22-11-18-24-25-20(31-18)32-12-17(27)23-15-7-5-14(21)6-8-15/h3-10H,11-12H2,1-2H3,(H,22,28)(H,23,27). The highest BCUT2D eigenvalue weighted by molar-refractivity contribution is 7.99. The lowest BCUT2D eigenvalue weighted by atomic mass is 10.2. The van der Waals surface area contributed by atoms with Gasteiger partial charge in [0.15, 0.2) is 0 Å². The van der Waals surface area contributed by atoms with Crippen LogP contribution >= 0.6 is 11.8 Å². The first-order chi connectivity index (χ1) is 15.6. The minimum atomic E-state index is -3.58. The smallest absolute Gasteiger partial charge is 0.277 e. The fraction of sp³-hybridized carbons (Fsp3) is 0.200. The predicted octanol–water partition coefficient (Wildman–Crippen LogP) is 2.12. The van der Waals surface area contributed by atoms with Gasteiger partial charge in [0, 0.05) is 25.3 Å². The summed E-state index contributed by atoms with van der Waals surface area (Å²) in [7, 11) is -0.738. The SMILES string of the molecule is CN(C)S(=O)(=O)c1ccc(C(=O)NCc2nnc(SCC(=O)Nc3ccc(F)cc3)o2)cc1. The molecule has 0 spiro atoms. The summed E-state index contributed by atoms with van der Waals surface area (Å²) in [5.41, 5.74) is 0.725. The number of sulfonamides is 1. The van der Waals surface area contributed by atoms with Crippen molar-refractivity contribution in [2.45, 2.75) is 16.7 Å². The Morgan fingerprint density at radius 3 is 2.36 bits per heavy atom. The molecule has 0 aliphatic rings. The Morgan fingerprint density at radius 2 is 1.73 bits per heavy atom. The molecule has 0 atom stereocenters. The summed E-state index contributed by atoms with van der Waals surface area (Å²) in [6.45, 7) is -0.0497. The monoisotopic (exact) mass is 493 g/mol. The molecule has 13 heteroatoms. The molecule has 10 nitrogen and oxygen atoms in total. The molecule has 0 radical (unpaired) electrons. The molecule has 0 saturated carbocycles. The molecule has 33 heavy (non-hydrogen) atoms. The summed E-state index contributed by atoms with van der Waals surface area (Å²) < 4.78 is 43.5. The van der Waals surface area contributed by atoms with Gasteiger partial charge in [0.05, 0.1) is 17.2 Å². The second-order valence-corrected chi connectivity index (χ2v) is 9.88. The van der Waals surface area contributed by atoms with Gasteiger partial charge in [-0.3, -0.25) is 9.59 Å². The van der Waals surface area contributed by atoms with Crippen molar-refractivity contribution in [3.8, 4) is 0 Å². The topological polar surface area (TPSA) is 134 Å². The Bertz CT molecular complexity index is 1230. The van der Waals surface area contributed by atoms with Crippen molar-refractivity contribution in [1.82, 2.24) is 19.8 Å². The molecule has 2 aromatic carbocycles. The van der Waals surface area contributed by atoms with Gasteiger partial charge < -0.3 is 15.1 Å². The van der Waals surface area contributed by atoms with Crippen molar-refractivity contribution < 1.29 is 26.8 Å². The van der Waals surface area contributed by atoms with Crippen LogP contribution in [0.1, 0.15) is 16.2 Å². The molecule has 0 aliphatic heterocycles. The Balaban J connectivity index is 1.48. The van der Waals surface area contributed by atoms with Crippen LogP contribution in [-0.2, 0) is 21.4 Å². The second kappa shape index (κ2) is 10.6. The van der Waals surface area contributed by atoms with Gasteiger partial charge in [0.25, 0.3) is 11.1 Å². The van der Waals surface area contributed by atoms with E-state index in [1.54, 1.807) is 0 Å². The lowest BCUT2D eigenvalue weighted by Gasteiger charge is -2.11. The van der Waals surface area contributed by atoms with E-state index in [2.05, 4.69) is 20.8 Å². The zero-order valence-corrected chi connectivity index (χ0v) is 19.2. The zero-order chi connectivity index (χ0) is 24.0. The summed E-state index contributed by atoms with van der Waals surface area (Å²) in [6, 6.07) is 10.9. The van der Waals surface area contributed by atoms with Crippen LogP contribution in [0, 0.1) is 5.82 Å². The third kappa shape index (κ3) is 6.60. The summed E-state index contributed by atoms with van der Waals surface area (Å²) >= 11 is 1.01. The van der Waals surface area contributed by atoms with Crippen LogP contribution in [0.2, 0.25) is 0 Å². The third-order valence-electron chi connectivity index (χ3n) is 4.20. The van der Waals surface area contributed by atoms with Gasteiger partial charge in [-0.05, 0) is 48.5 Å². The van der Waals surface area contributed by atoms with Crippen LogP contribution in [0.5, 0.6) is 0 Å². The van der Waals surface area contributed by atoms with Crippen LogP contribution in [0.15, 0.2) is 63.1 Å². The van der Waals surface area contributed by atoms with E-state index in [1.807, 2.05) is 0 Å². The van der Waals surface area contributed by atoms with Crippen LogP contribution in [0.4, 0.5) is 10.1 Å². The first kappa shape index (κ1) is 24.4. The summed E-state index contributed by atoms with van der Waals surface area (Å²) in [4.78, 5) is 24.3. The van der Waals surface area contributed by atoms with Gasteiger partial charge in [-0.1, -0.05) is 11.8 Å². The fourth-order valence-electron chi connectivity index (χ4n) is 2.47. The highest BCUT2D eigenvalue weighted by atomic mass is 32.2.